The molecule has 0 aliphatic heterocycles. The van der Waals surface area contributed by atoms with Gasteiger partial charge in [0.25, 0.3) is 0 Å². The first-order valence-electron chi connectivity index (χ1n) is 10.1. The number of esters is 2. The van der Waals surface area contributed by atoms with E-state index in [1.54, 1.807) is 13.8 Å². The Morgan fingerprint density at radius 3 is 1.43 bits per heavy atom. The molecule has 0 aliphatic carbocycles. The topological polar surface area (TPSA) is 150 Å². The molecule has 2 aromatic rings. The van der Waals surface area contributed by atoms with Crippen LogP contribution in [0.5, 0.6) is 11.8 Å². The van der Waals surface area contributed by atoms with E-state index < -0.39 is 0 Å². The molecule has 10 heteroatoms. The second-order valence-electron chi connectivity index (χ2n) is 6.59. The Balaban J connectivity index is 0.000000300. The van der Waals surface area contributed by atoms with Gasteiger partial charge in [-0.15, -0.1) is 0 Å². The molecule has 2 heterocycles. The highest BCUT2D eigenvalue weighted by molar-refractivity contribution is 5.69. The largest absolute Gasteiger partial charge is 0.493 e. The summed E-state index contributed by atoms with van der Waals surface area (Å²) in [5.74, 6) is -0.205. The molecular formula is C20H32N4O6. The van der Waals surface area contributed by atoms with Crippen LogP contribution in [0.1, 0.15) is 62.0 Å². The summed E-state index contributed by atoms with van der Waals surface area (Å²) in [4.78, 5) is 22.1. The highest BCUT2D eigenvalue weighted by Gasteiger charge is 2.10. The number of rotatable bonds is 10. The SMILES string of the molecule is CCOC(=O)CCCc1c(C)n[nH]c1O.CCOC(=O)CCCc1c(C)n[nH]c1O. The molecule has 0 fully saturated rings. The minimum atomic E-state index is -0.196. The van der Waals surface area contributed by atoms with Crippen LogP contribution in [0.25, 0.3) is 0 Å². The maximum atomic E-state index is 11.0. The number of aromatic amines is 2. The number of aryl methyl sites for hydroxylation is 2. The summed E-state index contributed by atoms with van der Waals surface area (Å²) in [6.45, 7) is 8.02. The van der Waals surface area contributed by atoms with Crippen molar-refractivity contribution >= 4 is 11.9 Å². The average molecular weight is 424 g/mol. The maximum Gasteiger partial charge on any atom is 0.305 e. The number of carbonyl (C=O) groups excluding carboxylic acids is 2. The molecule has 0 unspecified atom stereocenters. The molecule has 10 nitrogen and oxygen atoms in total. The van der Waals surface area contributed by atoms with E-state index in [9.17, 15) is 19.8 Å². The van der Waals surface area contributed by atoms with Crippen molar-refractivity contribution in [1.29, 1.82) is 0 Å². The summed E-state index contributed by atoms with van der Waals surface area (Å²) in [6.07, 6.45) is 3.33. The summed E-state index contributed by atoms with van der Waals surface area (Å²) in [5, 5.41) is 31.4. The molecule has 168 valence electrons. The number of ether oxygens (including phenoxy) is 2. The van der Waals surface area contributed by atoms with Crippen LogP contribution in [0.2, 0.25) is 0 Å². The first kappa shape index (κ1) is 25.0. The van der Waals surface area contributed by atoms with Gasteiger partial charge in [0, 0.05) is 24.0 Å². The Labute approximate surface area is 176 Å². The van der Waals surface area contributed by atoms with Gasteiger partial charge in [-0.25, -0.2) is 10.2 Å². The number of hydrogen-bond acceptors (Lipinski definition) is 8. The highest BCUT2D eigenvalue weighted by atomic mass is 16.5. The van der Waals surface area contributed by atoms with E-state index >= 15 is 0 Å². The zero-order chi connectivity index (χ0) is 22.5. The normalized spacial score (nSPS) is 10.3. The molecule has 0 saturated heterocycles. The lowest BCUT2D eigenvalue weighted by Crippen LogP contribution is -2.04. The zero-order valence-electron chi connectivity index (χ0n) is 18.1. The van der Waals surface area contributed by atoms with Gasteiger partial charge in [0.15, 0.2) is 0 Å². The van der Waals surface area contributed by atoms with E-state index in [-0.39, 0.29) is 23.7 Å². The Bertz CT molecular complexity index is 694. The van der Waals surface area contributed by atoms with Crippen molar-refractivity contribution in [2.75, 3.05) is 13.2 Å². The molecule has 2 aromatic heterocycles. The Hall–Kier alpha value is -3.04. The van der Waals surface area contributed by atoms with Crippen LogP contribution in [-0.4, -0.2) is 55.8 Å². The fourth-order valence-electron chi connectivity index (χ4n) is 2.77. The van der Waals surface area contributed by atoms with Crippen LogP contribution in [0, 0.1) is 13.8 Å². The third kappa shape index (κ3) is 8.54. The van der Waals surface area contributed by atoms with Crippen molar-refractivity contribution in [3.63, 3.8) is 0 Å². The van der Waals surface area contributed by atoms with Crippen molar-refractivity contribution < 1.29 is 29.3 Å². The lowest BCUT2D eigenvalue weighted by molar-refractivity contribution is -0.144. The highest BCUT2D eigenvalue weighted by Crippen LogP contribution is 2.19. The number of carbonyl (C=O) groups is 2. The monoisotopic (exact) mass is 424 g/mol. The van der Waals surface area contributed by atoms with E-state index in [4.69, 9.17) is 9.47 Å². The van der Waals surface area contributed by atoms with Crippen LogP contribution < -0.4 is 0 Å². The molecule has 0 saturated carbocycles. The van der Waals surface area contributed by atoms with E-state index in [1.165, 1.54) is 0 Å². The predicted octanol–water partition coefficient (Wildman–Crippen LogP) is 2.62. The van der Waals surface area contributed by atoms with Crippen LogP contribution in [0.4, 0.5) is 0 Å². The molecule has 0 aromatic carbocycles. The molecule has 0 atom stereocenters. The first-order chi connectivity index (χ1) is 14.3. The fourth-order valence-corrected chi connectivity index (χ4v) is 2.77. The summed E-state index contributed by atoms with van der Waals surface area (Å²) < 4.78 is 9.59. The second-order valence-corrected chi connectivity index (χ2v) is 6.59. The van der Waals surface area contributed by atoms with Crippen molar-refractivity contribution in [2.24, 2.45) is 0 Å². The lowest BCUT2D eigenvalue weighted by Gasteiger charge is -2.01. The van der Waals surface area contributed by atoms with Crippen LogP contribution in [-0.2, 0) is 31.9 Å². The van der Waals surface area contributed by atoms with Crippen LogP contribution in [0.3, 0.4) is 0 Å². The maximum absolute atomic E-state index is 11.0. The molecule has 30 heavy (non-hydrogen) atoms. The van der Waals surface area contributed by atoms with E-state index in [2.05, 4.69) is 20.4 Å². The van der Waals surface area contributed by atoms with Crippen molar-refractivity contribution in [3.05, 3.63) is 22.5 Å². The minimum Gasteiger partial charge on any atom is -0.493 e. The van der Waals surface area contributed by atoms with Gasteiger partial charge in [-0.3, -0.25) is 9.59 Å². The quantitative estimate of drug-likeness (QED) is 0.425. The van der Waals surface area contributed by atoms with Gasteiger partial charge in [0.1, 0.15) is 0 Å². The summed E-state index contributed by atoms with van der Waals surface area (Å²) in [5.41, 5.74) is 3.10. The minimum absolute atomic E-state index is 0.0939. The number of aromatic hydroxyl groups is 2. The van der Waals surface area contributed by atoms with E-state index in [1.807, 2.05) is 13.8 Å². The molecular weight excluding hydrogens is 392 g/mol. The molecule has 0 bridgehead atoms. The standard InChI is InChI=1S/2C10H16N2O3/c2*1-3-15-9(13)6-4-5-8-7(2)11-12-10(8)14/h2*3-6H2,1-2H3,(H2,11,12,14). The Morgan fingerprint density at radius 1 is 0.800 bits per heavy atom. The first-order valence-corrected chi connectivity index (χ1v) is 10.1. The van der Waals surface area contributed by atoms with Crippen LogP contribution in [0.15, 0.2) is 0 Å². The summed E-state index contributed by atoms with van der Waals surface area (Å²) in [7, 11) is 0. The smallest absolute Gasteiger partial charge is 0.305 e. The van der Waals surface area contributed by atoms with Gasteiger partial charge in [-0.1, -0.05) is 0 Å². The Morgan fingerprint density at radius 2 is 1.17 bits per heavy atom. The number of nitrogens with zero attached hydrogens (tertiary/aromatic N) is 2. The number of aromatic nitrogens is 4. The molecule has 0 aliphatic rings. The number of nitrogens with one attached hydrogen (secondary N) is 2. The van der Waals surface area contributed by atoms with Crippen molar-refractivity contribution in [3.8, 4) is 11.8 Å². The van der Waals surface area contributed by atoms with Gasteiger partial charge in [0.2, 0.25) is 11.8 Å². The van der Waals surface area contributed by atoms with Crippen LogP contribution >= 0.6 is 0 Å². The average Bonchev–Trinajstić information content (AvgIpc) is 3.19. The molecule has 0 radical (unpaired) electrons. The van der Waals surface area contributed by atoms with Gasteiger partial charge in [-0.2, -0.15) is 10.2 Å². The zero-order valence-corrected chi connectivity index (χ0v) is 18.1. The lowest BCUT2D eigenvalue weighted by atomic mass is 10.1. The van der Waals surface area contributed by atoms with E-state index in [0.29, 0.717) is 51.7 Å². The van der Waals surface area contributed by atoms with Crippen molar-refractivity contribution in [2.45, 2.75) is 66.2 Å². The molecule has 4 N–H and O–H groups in total. The second kappa shape index (κ2) is 13.2. The number of H-pyrrole nitrogens is 2. The van der Waals surface area contributed by atoms with Gasteiger partial charge in [0.05, 0.1) is 24.6 Å². The van der Waals surface area contributed by atoms with E-state index in [0.717, 1.165) is 22.5 Å². The molecule has 2 rings (SSSR count). The third-order valence-corrected chi connectivity index (χ3v) is 4.33. The summed E-state index contributed by atoms with van der Waals surface area (Å²) in [6, 6.07) is 0. The third-order valence-electron chi connectivity index (χ3n) is 4.33. The predicted molar refractivity (Wildman–Crippen MR) is 109 cm³/mol. The number of hydrogen-bond donors (Lipinski definition) is 4. The summed E-state index contributed by atoms with van der Waals surface area (Å²) >= 11 is 0. The van der Waals surface area contributed by atoms with Gasteiger partial charge in [-0.05, 0) is 53.4 Å². The van der Waals surface area contributed by atoms with Crippen molar-refractivity contribution in [1.82, 2.24) is 20.4 Å². The van der Waals surface area contributed by atoms with Gasteiger partial charge >= 0.3 is 11.9 Å². The molecule has 0 spiro atoms. The van der Waals surface area contributed by atoms with Gasteiger partial charge < -0.3 is 19.7 Å². The molecule has 0 amide bonds. The fraction of sp³-hybridized carbons (Fsp3) is 0.600. The Kier molecular flexibility index (Phi) is 11.0.